The molecule has 0 saturated carbocycles. The second-order valence-corrected chi connectivity index (χ2v) is 4.00. The molecule has 0 bridgehead atoms. The van der Waals surface area contributed by atoms with Gasteiger partial charge in [-0.25, -0.2) is 0 Å². The van der Waals surface area contributed by atoms with Crippen LogP contribution in [-0.4, -0.2) is 18.8 Å². The van der Waals surface area contributed by atoms with Gasteiger partial charge >= 0.3 is 0 Å². The fraction of sp³-hybridized carbons (Fsp3) is 0.231. The highest BCUT2D eigenvalue weighted by molar-refractivity contribution is 6.06. The highest BCUT2D eigenvalue weighted by Gasteiger charge is 2.21. The zero-order valence-electron chi connectivity index (χ0n) is 10.4. The molecule has 0 radical (unpaired) electrons. The zero-order chi connectivity index (χ0) is 13.4. The van der Waals surface area contributed by atoms with Crippen LogP contribution in [0.25, 0.3) is 11.0 Å². The Hall–Kier alpha value is -2.30. The topological polar surface area (TPSA) is 82.5 Å². The second-order valence-electron chi connectivity index (χ2n) is 4.00. The van der Waals surface area contributed by atoms with E-state index in [4.69, 9.17) is 14.9 Å². The summed E-state index contributed by atoms with van der Waals surface area (Å²) in [6, 6.07) is 3.24. The Morgan fingerprint density at radius 3 is 2.50 bits per heavy atom. The fourth-order valence-electron chi connectivity index (χ4n) is 2.03. The number of hydrogen-bond donors (Lipinski definition) is 1. The first-order chi connectivity index (χ1) is 8.47. The first-order valence-corrected chi connectivity index (χ1v) is 5.38. The number of rotatable bonds is 3. The van der Waals surface area contributed by atoms with E-state index in [0.717, 1.165) is 0 Å². The molecule has 0 aliphatic carbocycles. The van der Waals surface area contributed by atoms with Crippen LogP contribution >= 0.6 is 0 Å². The molecule has 0 aliphatic rings. The van der Waals surface area contributed by atoms with E-state index in [1.807, 2.05) is 0 Å². The maximum atomic E-state index is 11.5. The number of Topliss-reactive ketones (excluding diaryl/α,β-unsaturated/α-hetero) is 1. The van der Waals surface area contributed by atoms with Crippen LogP contribution in [0.15, 0.2) is 16.5 Å². The molecule has 0 aliphatic heterocycles. The van der Waals surface area contributed by atoms with Gasteiger partial charge in [0.25, 0.3) is 5.91 Å². The summed E-state index contributed by atoms with van der Waals surface area (Å²) in [6.45, 7) is 3.16. The van der Waals surface area contributed by atoms with Crippen molar-refractivity contribution in [3.8, 4) is 5.75 Å². The lowest BCUT2D eigenvalue weighted by Gasteiger charge is -2.06. The van der Waals surface area contributed by atoms with Gasteiger partial charge in [-0.1, -0.05) is 0 Å². The molecule has 0 atom stereocenters. The van der Waals surface area contributed by atoms with Gasteiger partial charge in [0, 0.05) is 5.56 Å². The molecule has 0 saturated heterocycles. The number of methoxy groups -OCH3 is 1. The molecule has 1 amide bonds. The summed E-state index contributed by atoms with van der Waals surface area (Å²) in [5, 5.41) is 0.610. The summed E-state index contributed by atoms with van der Waals surface area (Å²) in [5.74, 6) is -0.261. The maximum Gasteiger partial charge on any atom is 0.284 e. The van der Waals surface area contributed by atoms with Crippen molar-refractivity contribution in [3.05, 3.63) is 29.0 Å². The number of carbonyl (C=O) groups is 2. The maximum absolute atomic E-state index is 11.5. The van der Waals surface area contributed by atoms with Crippen molar-refractivity contribution >= 4 is 22.7 Å². The summed E-state index contributed by atoms with van der Waals surface area (Å²) < 4.78 is 10.6. The van der Waals surface area contributed by atoms with Crippen molar-refractivity contribution in [2.45, 2.75) is 13.8 Å². The van der Waals surface area contributed by atoms with Crippen molar-refractivity contribution in [3.63, 3.8) is 0 Å². The lowest BCUT2D eigenvalue weighted by molar-refractivity contribution is 0.0973. The van der Waals surface area contributed by atoms with E-state index in [1.165, 1.54) is 14.0 Å². The molecule has 18 heavy (non-hydrogen) atoms. The minimum absolute atomic E-state index is 0.0870. The number of hydrogen-bond acceptors (Lipinski definition) is 4. The van der Waals surface area contributed by atoms with Gasteiger partial charge in [0.15, 0.2) is 11.5 Å². The van der Waals surface area contributed by atoms with Crippen LogP contribution in [0.3, 0.4) is 0 Å². The number of carbonyl (C=O) groups excluding carboxylic acids is 2. The molecule has 94 valence electrons. The number of ketones is 1. The summed E-state index contributed by atoms with van der Waals surface area (Å²) in [7, 11) is 1.47. The van der Waals surface area contributed by atoms with Gasteiger partial charge in [-0.05, 0) is 26.0 Å². The lowest BCUT2D eigenvalue weighted by Crippen LogP contribution is -2.10. The van der Waals surface area contributed by atoms with Crippen molar-refractivity contribution in [2.24, 2.45) is 5.73 Å². The van der Waals surface area contributed by atoms with Crippen molar-refractivity contribution in [1.29, 1.82) is 0 Å². The highest BCUT2D eigenvalue weighted by Crippen LogP contribution is 2.35. The Balaban J connectivity index is 2.88. The van der Waals surface area contributed by atoms with E-state index in [1.54, 1.807) is 19.1 Å². The van der Waals surface area contributed by atoms with Crippen LogP contribution < -0.4 is 10.5 Å². The van der Waals surface area contributed by atoms with Gasteiger partial charge in [0.05, 0.1) is 18.1 Å². The van der Waals surface area contributed by atoms with Crippen LogP contribution in [-0.2, 0) is 0 Å². The largest absolute Gasteiger partial charge is 0.495 e. The van der Waals surface area contributed by atoms with Gasteiger partial charge in [0.2, 0.25) is 0 Å². The molecule has 1 heterocycles. The highest BCUT2D eigenvalue weighted by atomic mass is 16.5. The molecule has 5 heteroatoms. The van der Waals surface area contributed by atoms with Crippen LogP contribution in [0.2, 0.25) is 0 Å². The van der Waals surface area contributed by atoms with Crippen LogP contribution in [0.4, 0.5) is 0 Å². The van der Waals surface area contributed by atoms with Gasteiger partial charge in [-0.2, -0.15) is 0 Å². The predicted octanol–water partition coefficient (Wildman–Crippen LogP) is 2.05. The lowest BCUT2D eigenvalue weighted by atomic mass is 10.0. The number of aryl methyl sites for hydroxylation is 1. The molecule has 1 aromatic heterocycles. The van der Waals surface area contributed by atoms with E-state index in [9.17, 15) is 9.59 Å². The first kappa shape index (κ1) is 12.2. The zero-order valence-corrected chi connectivity index (χ0v) is 10.4. The molecule has 5 nitrogen and oxygen atoms in total. The smallest absolute Gasteiger partial charge is 0.284 e. The van der Waals surface area contributed by atoms with Crippen molar-refractivity contribution in [1.82, 2.24) is 0 Å². The quantitative estimate of drug-likeness (QED) is 0.841. The number of fused-ring (bicyclic) bond motifs is 1. The molecule has 2 N–H and O–H groups in total. The SMILES string of the molecule is COc1c(C(C)=O)ccc2oc(C(N)=O)c(C)c12. The van der Waals surface area contributed by atoms with Gasteiger partial charge < -0.3 is 14.9 Å². The third-order valence-corrected chi connectivity index (χ3v) is 2.85. The molecule has 2 rings (SSSR count). The van der Waals surface area contributed by atoms with E-state index in [2.05, 4.69) is 0 Å². The van der Waals surface area contributed by atoms with Crippen molar-refractivity contribution in [2.75, 3.05) is 7.11 Å². The Morgan fingerprint density at radius 2 is 2.00 bits per heavy atom. The minimum atomic E-state index is -0.643. The third kappa shape index (κ3) is 1.64. The van der Waals surface area contributed by atoms with E-state index in [-0.39, 0.29) is 11.5 Å². The molecule has 0 spiro atoms. The number of furan rings is 1. The Morgan fingerprint density at radius 1 is 1.33 bits per heavy atom. The second kappa shape index (κ2) is 4.18. The number of nitrogens with two attached hydrogens (primary N) is 1. The fourth-order valence-corrected chi connectivity index (χ4v) is 2.03. The summed E-state index contributed by atoms with van der Waals surface area (Å²) in [5.41, 5.74) is 6.73. The monoisotopic (exact) mass is 247 g/mol. The van der Waals surface area contributed by atoms with Crippen molar-refractivity contribution < 1.29 is 18.7 Å². The Kier molecular flexibility index (Phi) is 2.82. The summed E-state index contributed by atoms with van der Waals surface area (Å²) in [4.78, 5) is 22.7. The van der Waals surface area contributed by atoms with Gasteiger partial charge in [-0.15, -0.1) is 0 Å². The summed E-state index contributed by atoms with van der Waals surface area (Å²) >= 11 is 0. The van der Waals surface area contributed by atoms with E-state index >= 15 is 0 Å². The standard InChI is InChI=1S/C13H13NO4/c1-6-10-9(18-11(6)13(14)16)5-4-8(7(2)15)12(10)17-3/h4-5H,1-3H3,(H2,14,16). The average Bonchev–Trinajstić information content (AvgIpc) is 2.65. The Labute approximate surface area is 104 Å². The minimum Gasteiger partial charge on any atom is -0.495 e. The Bertz CT molecular complexity index is 655. The number of amides is 1. The first-order valence-electron chi connectivity index (χ1n) is 5.38. The van der Waals surface area contributed by atoms with Crippen LogP contribution in [0.5, 0.6) is 5.75 Å². The predicted molar refractivity (Wildman–Crippen MR) is 66.0 cm³/mol. The third-order valence-electron chi connectivity index (χ3n) is 2.85. The number of ether oxygens (including phenoxy) is 1. The van der Waals surface area contributed by atoms with Crippen LogP contribution in [0.1, 0.15) is 33.4 Å². The summed E-state index contributed by atoms with van der Waals surface area (Å²) in [6.07, 6.45) is 0. The molecule has 0 fully saturated rings. The van der Waals surface area contributed by atoms with E-state index < -0.39 is 5.91 Å². The number of primary amides is 1. The van der Waals surface area contributed by atoms with E-state index in [0.29, 0.717) is 27.8 Å². The van der Waals surface area contributed by atoms with Gasteiger partial charge in [-0.3, -0.25) is 9.59 Å². The molecular weight excluding hydrogens is 234 g/mol. The average molecular weight is 247 g/mol. The van der Waals surface area contributed by atoms with Gasteiger partial charge in [0.1, 0.15) is 11.3 Å². The molecular formula is C13H13NO4. The normalized spacial score (nSPS) is 10.6. The molecule has 0 unspecified atom stereocenters. The van der Waals surface area contributed by atoms with Crippen LogP contribution in [0, 0.1) is 6.92 Å². The number of benzene rings is 1. The molecule has 1 aromatic carbocycles. The molecule has 2 aromatic rings.